The van der Waals surface area contributed by atoms with Gasteiger partial charge < -0.3 is 10.2 Å². The van der Waals surface area contributed by atoms with Crippen molar-refractivity contribution in [1.82, 2.24) is 10.2 Å². The Labute approximate surface area is 90.7 Å². The third-order valence-electron chi connectivity index (χ3n) is 2.66. The fourth-order valence-electron chi connectivity index (χ4n) is 1.69. The normalized spacial score (nSPS) is 24.0. The number of carbonyl (C=O) groups excluding carboxylic acids is 1. The summed E-state index contributed by atoms with van der Waals surface area (Å²) in [7, 11) is 0.573. The molecule has 1 atom stereocenters. The van der Waals surface area contributed by atoms with Crippen LogP contribution in [0.15, 0.2) is 0 Å². The number of nitrogens with zero attached hydrogens (tertiary/aromatic N) is 1. The number of amides is 1. The van der Waals surface area contributed by atoms with Crippen molar-refractivity contribution in [2.75, 3.05) is 38.7 Å². The van der Waals surface area contributed by atoms with Crippen LogP contribution in [-0.4, -0.2) is 57.9 Å². The Bertz CT molecular complexity index is 326. The smallest absolute Gasteiger partial charge is 0.226 e. The van der Waals surface area contributed by atoms with Crippen molar-refractivity contribution in [3.8, 4) is 0 Å². The summed E-state index contributed by atoms with van der Waals surface area (Å²) in [6, 6.07) is 0. The number of carbonyl (C=O) groups is 1. The third-order valence-corrected chi connectivity index (χ3v) is 4.42. The molecule has 1 aliphatic heterocycles. The highest BCUT2D eigenvalue weighted by atomic mass is 32.2. The molecular formula is C9H18N2O3S. The average Bonchev–Trinajstić information content (AvgIpc) is 2.54. The second-order valence-corrected chi connectivity index (χ2v) is 6.19. The highest BCUT2D eigenvalue weighted by Crippen LogP contribution is 2.19. The lowest BCUT2D eigenvalue weighted by Crippen LogP contribution is -2.37. The van der Waals surface area contributed by atoms with Crippen LogP contribution in [-0.2, 0) is 14.6 Å². The Balaban J connectivity index is 2.48. The summed E-state index contributed by atoms with van der Waals surface area (Å²) in [4.78, 5) is 13.4. The molecule has 1 rings (SSSR count). The predicted molar refractivity (Wildman–Crippen MR) is 58.3 cm³/mol. The minimum absolute atomic E-state index is 0.0235. The lowest BCUT2D eigenvalue weighted by molar-refractivity contribution is -0.133. The quantitative estimate of drug-likeness (QED) is 0.684. The van der Waals surface area contributed by atoms with Crippen LogP contribution >= 0.6 is 0 Å². The molecule has 1 amide bonds. The van der Waals surface area contributed by atoms with Gasteiger partial charge in [0, 0.05) is 20.1 Å². The van der Waals surface area contributed by atoms with Crippen LogP contribution in [0.5, 0.6) is 0 Å². The fourth-order valence-corrected chi connectivity index (χ4v) is 3.42. The van der Waals surface area contributed by atoms with Gasteiger partial charge in [-0.05, 0) is 13.5 Å². The summed E-state index contributed by atoms with van der Waals surface area (Å²) in [6.07, 6.45) is 0.477. The summed E-state index contributed by atoms with van der Waals surface area (Å²) >= 11 is 0. The van der Waals surface area contributed by atoms with Crippen molar-refractivity contribution in [3.05, 3.63) is 0 Å². The summed E-state index contributed by atoms with van der Waals surface area (Å²) in [5.74, 6) is -0.192. The van der Waals surface area contributed by atoms with E-state index >= 15 is 0 Å². The molecule has 0 aliphatic carbocycles. The van der Waals surface area contributed by atoms with Gasteiger partial charge in [-0.3, -0.25) is 4.79 Å². The minimum Gasteiger partial charge on any atom is -0.344 e. The van der Waals surface area contributed by atoms with Crippen LogP contribution in [0.1, 0.15) is 6.42 Å². The van der Waals surface area contributed by atoms with E-state index in [1.165, 1.54) is 0 Å². The molecule has 1 N–H and O–H groups in total. The SMILES string of the molecule is CNCCN(C)C(=O)C1CCS(=O)(=O)C1. The second-order valence-electron chi connectivity index (χ2n) is 3.96. The Morgan fingerprint density at radius 1 is 1.53 bits per heavy atom. The number of sulfone groups is 1. The van der Waals surface area contributed by atoms with E-state index in [-0.39, 0.29) is 23.3 Å². The van der Waals surface area contributed by atoms with E-state index < -0.39 is 9.84 Å². The standard InChI is InChI=1S/C9H18N2O3S/c1-10-4-5-11(2)9(12)8-3-6-15(13,14)7-8/h8,10H,3-7H2,1-2H3. The first kappa shape index (κ1) is 12.4. The van der Waals surface area contributed by atoms with Gasteiger partial charge in [0.2, 0.25) is 5.91 Å². The molecule has 0 aromatic carbocycles. The number of hydrogen-bond donors (Lipinski definition) is 1. The Morgan fingerprint density at radius 3 is 2.67 bits per heavy atom. The van der Waals surface area contributed by atoms with Gasteiger partial charge >= 0.3 is 0 Å². The fraction of sp³-hybridized carbons (Fsp3) is 0.889. The molecule has 88 valence electrons. The van der Waals surface area contributed by atoms with E-state index in [9.17, 15) is 13.2 Å². The molecule has 0 saturated carbocycles. The van der Waals surface area contributed by atoms with E-state index in [0.717, 1.165) is 6.54 Å². The van der Waals surface area contributed by atoms with Gasteiger partial charge in [-0.25, -0.2) is 8.42 Å². The van der Waals surface area contributed by atoms with Crippen molar-refractivity contribution in [2.24, 2.45) is 5.92 Å². The molecule has 1 fully saturated rings. The maximum absolute atomic E-state index is 11.8. The monoisotopic (exact) mass is 234 g/mol. The highest BCUT2D eigenvalue weighted by molar-refractivity contribution is 7.91. The lowest BCUT2D eigenvalue weighted by Gasteiger charge is -2.19. The Morgan fingerprint density at radius 2 is 2.20 bits per heavy atom. The van der Waals surface area contributed by atoms with Crippen molar-refractivity contribution in [3.63, 3.8) is 0 Å². The zero-order valence-corrected chi connectivity index (χ0v) is 10.0. The van der Waals surface area contributed by atoms with Crippen LogP contribution in [0.4, 0.5) is 0 Å². The molecule has 15 heavy (non-hydrogen) atoms. The van der Waals surface area contributed by atoms with Crippen molar-refractivity contribution < 1.29 is 13.2 Å². The molecule has 0 spiro atoms. The first-order valence-corrected chi connectivity index (χ1v) is 6.88. The van der Waals surface area contributed by atoms with Crippen LogP contribution in [0.3, 0.4) is 0 Å². The number of rotatable bonds is 4. The van der Waals surface area contributed by atoms with Crippen molar-refractivity contribution >= 4 is 15.7 Å². The van der Waals surface area contributed by atoms with Gasteiger partial charge in [-0.2, -0.15) is 0 Å². The molecule has 6 heteroatoms. The first-order chi connectivity index (χ1) is 6.96. The van der Waals surface area contributed by atoms with Crippen molar-refractivity contribution in [1.29, 1.82) is 0 Å². The minimum atomic E-state index is -2.96. The molecule has 0 aromatic heterocycles. The Kier molecular flexibility index (Phi) is 4.10. The summed E-state index contributed by atoms with van der Waals surface area (Å²) < 4.78 is 22.4. The lowest BCUT2D eigenvalue weighted by atomic mass is 10.1. The number of likely N-dealkylation sites (N-methyl/N-ethyl adjacent to an activating group) is 2. The molecular weight excluding hydrogens is 216 g/mol. The summed E-state index contributed by atoms with van der Waals surface area (Å²) in [6.45, 7) is 1.34. The van der Waals surface area contributed by atoms with E-state index in [1.54, 1.807) is 11.9 Å². The van der Waals surface area contributed by atoms with Crippen LogP contribution < -0.4 is 5.32 Å². The van der Waals surface area contributed by atoms with Crippen LogP contribution in [0, 0.1) is 5.92 Å². The second kappa shape index (κ2) is 4.94. The zero-order chi connectivity index (χ0) is 11.5. The molecule has 0 aromatic rings. The topological polar surface area (TPSA) is 66.5 Å². The predicted octanol–water partition coefficient (Wildman–Crippen LogP) is -0.901. The molecule has 1 aliphatic rings. The maximum Gasteiger partial charge on any atom is 0.226 e. The van der Waals surface area contributed by atoms with Gasteiger partial charge in [0.1, 0.15) is 0 Å². The van der Waals surface area contributed by atoms with Gasteiger partial charge in [-0.1, -0.05) is 0 Å². The van der Waals surface area contributed by atoms with Gasteiger partial charge in [0.15, 0.2) is 9.84 Å². The van der Waals surface area contributed by atoms with Gasteiger partial charge in [-0.15, -0.1) is 0 Å². The average molecular weight is 234 g/mol. The highest BCUT2D eigenvalue weighted by Gasteiger charge is 2.34. The van der Waals surface area contributed by atoms with E-state index in [4.69, 9.17) is 0 Å². The van der Waals surface area contributed by atoms with Gasteiger partial charge in [0.05, 0.1) is 17.4 Å². The zero-order valence-electron chi connectivity index (χ0n) is 9.19. The largest absolute Gasteiger partial charge is 0.344 e. The van der Waals surface area contributed by atoms with Crippen LogP contribution in [0.2, 0.25) is 0 Å². The Hall–Kier alpha value is -0.620. The molecule has 1 unspecified atom stereocenters. The maximum atomic E-state index is 11.8. The van der Waals surface area contributed by atoms with E-state index in [1.807, 2.05) is 7.05 Å². The number of hydrogen-bond acceptors (Lipinski definition) is 4. The molecule has 1 heterocycles. The number of nitrogens with one attached hydrogen (secondary N) is 1. The molecule has 0 bridgehead atoms. The summed E-state index contributed by atoms with van der Waals surface area (Å²) in [5, 5.41) is 2.95. The van der Waals surface area contributed by atoms with Crippen LogP contribution in [0.25, 0.3) is 0 Å². The van der Waals surface area contributed by atoms with Gasteiger partial charge in [0.25, 0.3) is 0 Å². The third kappa shape index (κ3) is 3.46. The van der Waals surface area contributed by atoms with E-state index in [0.29, 0.717) is 13.0 Å². The summed E-state index contributed by atoms with van der Waals surface area (Å²) in [5.41, 5.74) is 0. The van der Waals surface area contributed by atoms with Crippen molar-refractivity contribution in [2.45, 2.75) is 6.42 Å². The first-order valence-electron chi connectivity index (χ1n) is 5.06. The molecule has 1 saturated heterocycles. The molecule has 0 radical (unpaired) electrons. The molecule has 5 nitrogen and oxygen atoms in total. The van der Waals surface area contributed by atoms with E-state index in [2.05, 4.69) is 5.32 Å².